The first-order valence-electron chi connectivity index (χ1n) is 7.73. The van der Waals surface area contributed by atoms with Crippen LogP contribution >= 0.6 is 11.3 Å². The van der Waals surface area contributed by atoms with Crippen LogP contribution in [0.3, 0.4) is 0 Å². The van der Waals surface area contributed by atoms with Crippen LogP contribution in [-0.4, -0.2) is 19.1 Å². The summed E-state index contributed by atoms with van der Waals surface area (Å²) in [5.74, 6) is 0.0305. The number of carbonyl (C=O) groups excluding carboxylic acids is 1. The van der Waals surface area contributed by atoms with Crippen LogP contribution in [0.5, 0.6) is 0 Å². The third-order valence-electron chi connectivity index (χ3n) is 3.58. The maximum absolute atomic E-state index is 12.1. The van der Waals surface area contributed by atoms with E-state index in [1.807, 2.05) is 36.6 Å². The maximum atomic E-state index is 12.1. The smallest absolute Gasteiger partial charge is 0.261 e. The molecule has 0 saturated carbocycles. The van der Waals surface area contributed by atoms with Gasteiger partial charge < -0.3 is 10.1 Å². The lowest BCUT2D eigenvalue weighted by molar-refractivity contribution is 0.0635. The average molecular weight is 317 g/mol. The molecule has 1 amide bonds. The quantitative estimate of drug-likeness (QED) is 0.741. The van der Waals surface area contributed by atoms with Crippen LogP contribution in [-0.2, 0) is 11.2 Å². The van der Waals surface area contributed by atoms with Gasteiger partial charge in [0.25, 0.3) is 5.91 Å². The molecule has 1 N–H and O–H groups in total. The standard InChI is InChI=1S/C18H23NO2S/c1-3-15-10-13-22-17(15)18(20)19-11-7-12-21-14(2)16-8-5-4-6-9-16/h4-6,8-10,13-14H,3,7,11-12H2,1-2H3,(H,19,20). The second-order valence-corrected chi connectivity index (χ2v) is 6.08. The van der Waals surface area contributed by atoms with Crippen LogP contribution in [0.2, 0.25) is 0 Å². The van der Waals surface area contributed by atoms with Gasteiger partial charge in [0.2, 0.25) is 0 Å². The van der Waals surface area contributed by atoms with Crippen molar-refractivity contribution in [3.8, 4) is 0 Å². The van der Waals surface area contributed by atoms with Gasteiger partial charge in [0.1, 0.15) is 0 Å². The van der Waals surface area contributed by atoms with Crippen LogP contribution in [0.1, 0.15) is 47.2 Å². The van der Waals surface area contributed by atoms with Gasteiger partial charge in [-0.25, -0.2) is 0 Å². The number of nitrogens with one attached hydrogen (secondary N) is 1. The van der Waals surface area contributed by atoms with E-state index in [-0.39, 0.29) is 12.0 Å². The molecule has 1 unspecified atom stereocenters. The molecule has 4 heteroatoms. The van der Waals surface area contributed by atoms with Crippen molar-refractivity contribution in [2.75, 3.05) is 13.2 Å². The van der Waals surface area contributed by atoms with Crippen LogP contribution in [0.25, 0.3) is 0 Å². The molecule has 0 aliphatic rings. The number of ether oxygens (including phenoxy) is 1. The number of hydrogen-bond acceptors (Lipinski definition) is 3. The second-order valence-electron chi connectivity index (χ2n) is 5.16. The summed E-state index contributed by atoms with van der Waals surface area (Å²) in [7, 11) is 0. The minimum absolute atomic E-state index is 0.0305. The molecule has 118 valence electrons. The largest absolute Gasteiger partial charge is 0.374 e. The molecule has 2 aromatic rings. The van der Waals surface area contributed by atoms with Crippen molar-refractivity contribution in [3.05, 3.63) is 57.8 Å². The zero-order valence-corrected chi connectivity index (χ0v) is 14.0. The number of hydrogen-bond donors (Lipinski definition) is 1. The summed E-state index contributed by atoms with van der Waals surface area (Å²) in [4.78, 5) is 12.9. The monoisotopic (exact) mass is 317 g/mol. The molecule has 0 aliphatic carbocycles. The van der Waals surface area contributed by atoms with E-state index < -0.39 is 0 Å². The molecule has 0 radical (unpaired) electrons. The van der Waals surface area contributed by atoms with Gasteiger partial charge in [-0.2, -0.15) is 0 Å². The van der Waals surface area contributed by atoms with E-state index in [1.54, 1.807) is 0 Å². The Morgan fingerprint density at radius 2 is 2.05 bits per heavy atom. The zero-order valence-electron chi connectivity index (χ0n) is 13.2. The van der Waals surface area contributed by atoms with E-state index in [4.69, 9.17) is 4.74 Å². The zero-order chi connectivity index (χ0) is 15.8. The molecule has 1 aromatic carbocycles. The van der Waals surface area contributed by atoms with E-state index in [0.29, 0.717) is 13.2 Å². The van der Waals surface area contributed by atoms with Crippen LogP contribution in [0, 0.1) is 0 Å². The Morgan fingerprint density at radius 1 is 1.27 bits per heavy atom. The van der Waals surface area contributed by atoms with Gasteiger partial charge in [0.05, 0.1) is 11.0 Å². The fourth-order valence-electron chi connectivity index (χ4n) is 2.25. The fourth-order valence-corrected chi connectivity index (χ4v) is 3.16. The van der Waals surface area contributed by atoms with Crippen molar-refractivity contribution >= 4 is 17.2 Å². The minimum Gasteiger partial charge on any atom is -0.374 e. The minimum atomic E-state index is 0.0305. The molecule has 1 atom stereocenters. The summed E-state index contributed by atoms with van der Waals surface area (Å²) >= 11 is 1.50. The SMILES string of the molecule is CCc1ccsc1C(=O)NCCCOC(C)c1ccccc1. The number of benzene rings is 1. The van der Waals surface area contributed by atoms with Crippen molar-refractivity contribution in [1.29, 1.82) is 0 Å². The van der Waals surface area contributed by atoms with E-state index in [0.717, 1.165) is 23.3 Å². The molecule has 3 nitrogen and oxygen atoms in total. The molecule has 0 spiro atoms. The predicted octanol–water partition coefficient (Wildman–Crippen LogP) is 4.21. The molecule has 2 rings (SSSR count). The van der Waals surface area contributed by atoms with Crippen LogP contribution < -0.4 is 5.32 Å². The number of amides is 1. The van der Waals surface area contributed by atoms with Crippen molar-refractivity contribution in [3.63, 3.8) is 0 Å². The molecule has 0 bridgehead atoms. The molecule has 0 aliphatic heterocycles. The number of aryl methyl sites for hydroxylation is 1. The fraction of sp³-hybridized carbons (Fsp3) is 0.389. The normalized spacial score (nSPS) is 12.1. The Morgan fingerprint density at radius 3 is 2.77 bits per heavy atom. The van der Waals surface area contributed by atoms with Gasteiger partial charge >= 0.3 is 0 Å². The Balaban J connectivity index is 1.66. The highest BCUT2D eigenvalue weighted by Crippen LogP contribution is 2.17. The molecule has 1 aromatic heterocycles. The van der Waals surface area contributed by atoms with Gasteiger partial charge in [-0.15, -0.1) is 11.3 Å². The van der Waals surface area contributed by atoms with Crippen molar-refractivity contribution in [2.24, 2.45) is 0 Å². The summed E-state index contributed by atoms with van der Waals surface area (Å²) in [6.45, 7) is 5.40. The lowest BCUT2D eigenvalue weighted by atomic mass is 10.1. The van der Waals surface area contributed by atoms with Crippen LogP contribution in [0.4, 0.5) is 0 Å². The lowest BCUT2D eigenvalue weighted by Crippen LogP contribution is -2.25. The Kier molecular flexibility index (Phi) is 6.62. The van der Waals surface area contributed by atoms with Gasteiger partial charge in [0, 0.05) is 13.2 Å². The Labute approximate surface area is 136 Å². The van der Waals surface area contributed by atoms with Gasteiger partial charge in [-0.05, 0) is 42.3 Å². The first-order chi connectivity index (χ1) is 10.7. The van der Waals surface area contributed by atoms with E-state index in [9.17, 15) is 4.79 Å². The number of carbonyl (C=O) groups is 1. The molecule has 22 heavy (non-hydrogen) atoms. The first-order valence-corrected chi connectivity index (χ1v) is 8.61. The molecular formula is C18H23NO2S. The van der Waals surface area contributed by atoms with Crippen molar-refractivity contribution < 1.29 is 9.53 Å². The molecule has 0 fully saturated rings. The molecular weight excluding hydrogens is 294 g/mol. The van der Waals surface area contributed by atoms with E-state index in [1.165, 1.54) is 16.9 Å². The molecule has 1 heterocycles. The third-order valence-corrected chi connectivity index (χ3v) is 4.53. The highest BCUT2D eigenvalue weighted by atomic mass is 32.1. The summed E-state index contributed by atoms with van der Waals surface area (Å²) < 4.78 is 5.80. The van der Waals surface area contributed by atoms with Crippen LogP contribution in [0.15, 0.2) is 41.8 Å². The summed E-state index contributed by atoms with van der Waals surface area (Å²) in [5, 5.41) is 4.94. The lowest BCUT2D eigenvalue weighted by Gasteiger charge is -2.13. The van der Waals surface area contributed by atoms with Gasteiger partial charge in [-0.1, -0.05) is 37.3 Å². The first kappa shape index (κ1) is 16.7. The van der Waals surface area contributed by atoms with Gasteiger partial charge in [0.15, 0.2) is 0 Å². The van der Waals surface area contributed by atoms with Crippen molar-refractivity contribution in [1.82, 2.24) is 5.32 Å². The Bertz CT molecular complexity index is 580. The summed E-state index contributed by atoms with van der Waals surface area (Å²) in [6, 6.07) is 12.2. The third kappa shape index (κ3) is 4.68. The highest BCUT2D eigenvalue weighted by Gasteiger charge is 2.11. The Hall–Kier alpha value is -1.65. The number of rotatable bonds is 8. The van der Waals surface area contributed by atoms with Crippen molar-refractivity contribution in [2.45, 2.75) is 32.8 Å². The predicted molar refractivity (Wildman–Crippen MR) is 91.5 cm³/mol. The number of thiophene rings is 1. The average Bonchev–Trinajstić information content (AvgIpc) is 3.03. The summed E-state index contributed by atoms with van der Waals surface area (Å²) in [6.07, 6.45) is 1.79. The maximum Gasteiger partial charge on any atom is 0.261 e. The van der Waals surface area contributed by atoms with E-state index >= 15 is 0 Å². The van der Waals surface area contributed by atoms with Gasteiger partial charge in [-0.3, -0.25) is 4.79 Å². The second kappa shape index (κ2) is 8.71. The molecule has 0 saturated heterocycles. The van der Waals surface area contributed by atoms with E-state index in [2.05, 4.69) is 24.4 Å². The summed E-state index contributed by atoms with van der Waals surface area (Å²) in [5.41, 5.74) is 2.30. The highest BCUT2D eigenvalue weighted by molar-refractivity contribution is 7.12. The topological polar surface area (TPSA) is 38.3 Å².